The van der Waals surface area contributed by atoms with Gasteiger partial charge in [-0.1, -0.05) is 0 Å². The minimum absolute atomic E-state index is 0.502. The Bertz CT molecular complexity index is 629. The fraction of sp³-hybridized carbons (Fsp3) is 0. The van der Waals surface area contributed by atoms with Gasteiger partial charge in [-0.15, -0.1) is 0 Å². The van der Waals surface area contributed by atoms with E-state index in [2.05, 4.69) is 20.2 Å². The molecule has 3 heterocycles. The number of rotatable bonds is 2. The molecule has 0 aliphatic heterocycles. The predicted molar refractivity (Wildman–Crippen MR) is 61.7 cm³/mol. The number of aromatic amines is 1. The minimum atomic E-state index is 0.502. The molecule has 3 rings (SSSR count). The monoisotopic (exact) mass is 227 g/mol. The largest absolute Gasteiger partial charge is 0.461 e. The first kappa shape index (κ1) is 9.59. The number of hydrogen-bond acceptors (Lipinski definition) is 5. The molecule has 0 saturated heterocycles. The van der Waals surface area contributed by atoms with Gasteiger partial charge in [0.1, 0.15) is 0 Å². The molecule has 3 N–H and O–H groups in total. The molecule has 6 nitrogen and oxygen atoms in total. The number of hydrogen-bond donors (Lipinski definition) is 2. The zero-order chi connectivity index (χ0) is 11.7. The van der Waals surface area contributed by atoms with Crippen LogP contribution >= 0.6 is 0 Å². The van der Waals surface area contributed by atoms with Crippen LogP contribution in [0.1, 0.15) is 0 Å². The first-order valence-electron chi connectivity index (χ1n) is 5.01. The molecule has 0 saturated carbocycles. The van der Waals surface area contributed by atoms with E-state index in [0.717, 1.165) is 0 Å². The van der Waals surface area contributed by atoms with Crippen LogP contribution in [0.15, 0.2) is 41.3 Å². The van der Waals surface area contributed by atoms with Gasteiger partial charge < -0.3 is 10.2 Å². The molecule has 0 aliphatic carbocycles. The molecule has 3 aromatic heterocycles. The van der Waals surface area contributed by atoms with Crippen molar-refractivity contribution < 1.29 is 4.42 Å². The van der Waals surface area contributed by atoms with Gasteiger partial charge in [-0.2, -0.15) is 5.10 Å². The van der Waals surface area contributed by atoms with Crippen molar-refractivity contribution in [2.75, 3.05) is 5.73 Å². The van der Waals surface area contributed by atoms with Gasteiger partial charge in [-0.05, 0) is 18.2 Å². The molecule has 84 valence electrons. The van der Waals surface area contributed by atoms with Crippen molar-refractivity contribution in [3.8, 4) is 23.0 Å². The highest BCUT2D eigenvalue weighted by Crippen LogP contribution is 2.23. The van der Waals surface area contributed by atoms with E-state index >= 15 is 0 Å². The zero-order valence-electron chi connectivity index (χ0n) is 8.79. The van der Waals surface area contributed by atoms with E-state index in [1.165, 1.54) is 0 Å². The van der Waals surface area contributed by atoms with Crippen molar-refractivity contribution in [1.29, 1.82) is 0 Å². The van der Waals surface area contributed by atoms with E-state index in [-0.39, 0.29) is 0 Å². The molecule has 0 spiro atoms. The van der Waals surface area contributed by atoms with Crippen LogP contribution in [0.3, 0.4) is 0 Å². The van der Waals surface area contributed by atoms with Crippen molar-refractivity contribution >= 4 is 5.69 Å². The molecule has 0 aromatic carbocycles. The standard InChI is InChI=1S/C11H9N5O/c12-8-3-4-13-6-7(8)10-14-11(16-15-10)9-2-1-5-17-9/h1-6H,(H2,12,13)(H,14,15,16). The number of anilines is 1. The van der Waals surface area contributed by atoms with Gasteiger partial charge in [-0.3, -0.25) is 10.1 Å². The average Bonchev–Trinajstić information content (AvgIpc) is 3.00. The topological polar surface area (TPSA) is 93.6 Å². The maximum atomic E-state index is 5.82. The molecular formula is C11H9N5O. The first-order valence-corrected chi connectivity index (χ1v) is 5.01. The molecule has 17 heavy (non-hydrogen) atoms. The van der Waals surface area contributed by atoms with Crippen molar-refractivity contribution in [2.45, 2.75) is 0 Å². The van der Waals surface area contributed by atoms with E-state index in [4.69, 9.17) is 10.2 Å². The van der Waals surface area contributed by atoms with Crippen LogP contribution in [0, 0.1) is 0 Å². The van der Waals surface area contributed by atoms with Crippen LogP contribution in [-0.2, 0) is 0 Å². The van der Waals surface area contributed by atoms with E-state index < -0.39 is 0 Å². The lowest BCUT2D eigenvalue weighted by molar-refractivity contribution is 0.577. The van der Waals surface area contributed by atoms with Crippen LogP contribution < -0.4 is 5.73 Å². The second-order valence-corrected chi connectivity index (χ2v) is 3.45. The maximum absolute atomic E-state index is 5.82. The van der Waals surface area contributed by atoms with E-state index in [1.807, 2.05) is 0 Å². The number of nitrogens with zero attached hydrogens (tertiary/aromatic N) is 3. The third kappa shape index (κ3) is 1.65. The van der Waals surface area contributed by atoms with Crippen molar-refractivity contribution in [3.05, 3.63) is 36.9 Å². The summed E-state index contributed by atoms with van der Waals surface area (Å²) in [6.45, 7) is 0. The van der Waals surface area contributed by atoms with Gasteiger partial charge >= 0.3 is 0 Å². The summed E-state index contributed by atoms with van der Waals surface area (Å²) in [4.78, 5) is 8.30. The van der Waals surface area contributed by atoms with Crippen LogP contribution in [0.25, 0.3) is 23.0 Å². The number of furan rings is 1. The highest BCUT2D eigenvalue weighted by atomic mass is 16.3. The van der Waals surface area contributed by atoms with Crippen molar-refractivity contribution in [2.24, 2.45) is 0 Å². The van der Waals surface area contributed by atoms with Gasteiger partial charge in [0.15, 0.2) is 17.4 Å². The zero-order valence-corrected chi connectivity index (χ0v) is 8.79. The third-order valence-corrected chi connectivity index (χ3v) is 2.34. The Balaban J connectivity index is 2.04. The molecule has 0 atom stereocenters. The summed E-state index contributed by atoms with van der Waals surface area (Å²) in [7, 11) is 0. The summed E-state index contributed by atoms with van der Waals surface area (Å²) in [5.74, 6) is 1.70. The van der Waals surface area contributed by atoms with Crippen molar-refractivity contribution in [3.63, 3.8) is 0 Å². The molecule has 0 bridgehead atoms. The molecule has 3 aromatic rings. The molecule has 6 heteroatoms. The number of H-pyrrole nitrogens is 1. The normalized spacial score (nSPS) is 10.6. The number of nitrogens with two attached hydrogens (primary N) is 1. The maximum Gasteiger partial charge on any atom is 0.192 e. The van der Waals surface area contributed by atoms with Gasteiger partial charge in [0.25, 0.3) is 0 Å². The first-order chi connectivity index (χ1) is 8.34. The minimum Gasteiger partial charge on any atom is -0.461 e. The Morgan fingerprint density at radius 2 is 2.24 bits per heavy atom. The van der Waals surface area contributed by atoms with Gasteiger partial charge in [-0.25, -0.2) is 4.98 Å². The number of nitrogen functional groups attached to an aromatic ring is 1. The third-order valence-electron chi connectivity index (χ3n) is 2.34. The molecule has 0 aliphatic rings. The highest BCUT2D eigenvalue weighted by molar-refractivity contribution is 5.70. The molecule has 0 fully saturated rings. The van der Waals surface area contributed by atoms with Crippen LogP contribution in [0.2, 0.25) is 0 Å². The van der Waals surface area contributed by atoms with Gasteiger partial charge in [0, 0.05) is 18.1 Å². The Labute approximate surface area is 96.5 Å². The summed E-state index contributed by atoms with van der Waals surface area (Å²) >= 11 is 0. The molecule has 0 unspecified atom stereocenters. The van der Waals surface area contributed by atoms with Crippen LogP contribution in [-0.4, -0.2) is 20.2 Å². The SMILES string of the molecule is Nc1ccncc1-c1n[nH]c(-c2ccco2)n1. The fourth-order valence-corrected chi connectivity index (χ4v) is 1.50. The highest BCUT2D eigenvalue weighted by Gasteiger charge is 2.11. The number of pyridine rings is 1. The van der Waals surface area contributed by atoms with E-state index in [9.17, 15) is 0 Å². The summed E-state index contributed by atoms with van der Waals surface area (Å²) in [6, 6.07) is 5.30. The lowest BCUT2D eigenvalue weighted by Crippen LogP contribution is -1.91. The molecular weight excluding hydrogens is 218 g/mol. The number of aromatic nitrogens is 4. The Hall–Kier alpha value is -2.63. The predicted octanol–water partition coefficient (Wildman–Crippen LogP) is 1.71. The second-order valence-electron chi connectivity index (χ2n) is 3.45. The quantitative estimate of drug-likeness (QED) is 0.695. The summed E-state index contributed by atoms with van der Waals surface area (Å²) < 4.78 is 5.22. The summed E-state index contributed by atoms with van der Waals surface area (Å²) in [6.07, 6.45) is 4.83. The second kappa shape index (κ2) is 3.75. The smallest absolute Gasteiger partial charge is 0.192 e. The Morgan fingerprint density at radius 3 is 3.00 bits per heavy atom. The summed E-state index contributed by atoms with van der Waals surface area (Å²) in [5, 5.41) is 6.88. The van der Waals surface area contributed by atoms with E-state index in [1.54, 1.807) is 36.9 Å². The average molecular weight is 227 g/mol. The molecule has 0 radical (unpaired) electrons. The van der Waals surface area contributed by atoms with E-state index in [0.29, 0.717) is 28.7 Å². The van der Waals surface area contributed by atoms with Crippen LogP contribution in [0.5, 0.6) is 0 Å². The lowest BCUT2D eigenvalue weighted by Gasteiger charge is -1.97. The number of nitrogens with one attached hydrogen (secondary N) is 1. The van der Waals surface area contributed by atoms with Gasteiger partial charge in [0.05, 0.1) is 11.8 Å². The Morgan fingerprint density at radius 1 is 1.29 bits per heavy atom. The summed E-state index contributed by atoms with van der Waals surface area (Å²) in [5.41, 5.74) is 7.11. The Kier molecular flexibility index (Phi) is 2.11. The molecule has 0 amide bonds. The van der Waals surface area contributed by atoms with Crippen molar-refractivity contribution in [1.82, 2.24) is 20.2 Å². The van der Waals surface area contributed by atoms with Crippen LogP contribution in [0.4, 0.5) is 5.69 Å². The fourth-order valence-electron chi connectivity index (χ4n) is 1.50. The lowest BCUT2D eigenvalue weighted by atomic mass is 10.2. The van der Waals surface area contributed by atoms with Gasteiger partial charge in [0.2, 0.25) is 0 Å².